The summed E-state index contributed by atoms with van der Waals surface area (Å²) in [6, 6.07) is 5.73. The topological polar surface area (TPSA) is 55.8 Å². The van der Waals surface area contributed by atoms with Gasteiger partial charge in [0.25, 0.3) is 0 Å². The van der Waals surface area contributed by atoms with E-state index in [2.05, 4.69) is 0 Å². The molecule has 1 atom stereocenters. The number of benzene rings is 1. The maximum atomic E-state index is 10.6. The summed E-state index contributed by atoms with van der Waals surface area (Å²) in [6.45, 7) is 1.92. The van der Waals surface area contributed by atoms with Crippen molar-refractivity contribution >= 4 is 17.7 Å². The second kappa shape index (κ2) is 7.16. The normalized spacial score (nSPS) is 11.9. The van der Waals surface area contributed by atoms with Gasteiger partial charge in [0, 0.05) is 11.0 Å². The summed E-state index contributed by atoms with van der Waals surface area (Å²) in [5, 5.41) is 8.77. The first kappa shape index (κ1) is 14.7. The highest BCUT2D eigenvalue weighted by molar-refractivity contribution is 7.99. The van der Waals surface area contributed by atoms with E-state index in [1.807, 2.05) is 25.1 Å². The van der Waals surface area contributed by atoms with Gasteiger partial charge in [0.05, 0.1) is 20.6 Å². The average Bonchev–Trinajstić information content (AvgIpc) is 2.35. The Balaban J connectivity index is 2.60. The minimum absolute atomic E-state index is 0.0931. The van der Waals surface area contributed by atoms with Crippen molar-refractivity contribution in [3.63, 3.8) is 0 Å². The van der Waals surface area contributed by atoms with Crippen LogP contribution in [0.15, 0.2) is 18.2 Å². The van der Waals surface area contributed by atoms with E-state index in [9.17, 15) is 4.79 Å². The lowest BCUT2D eigenvalue weighted by atomic mass is 10.2. The Morgan fingerprint density at radius 1 is 1.33 bits per heavy atom. The summed E-state index contributed by atoms with van der Waals surface area (Å²) in [5.74, 6) is 1.39. The van der Waals surface area contributed by atoms with E-state index in [1.54, 1.807) is 26.0 Å². The standard InChI is InChI=1S/C13H18O4S/c1-9(6-13(14)15)18-8-10-4-5-11(16-2)12(7-10)17-3/h4-5,7,9H,6,8H2,1-3H3,(H,14,15). The number of rotatable bonds is 7. The molecule has 0 bridgehead atoms. The van der Waals surface area contributed by atoms with Crippen LogP contribution in [0.2, 0.25) is 0 Å². The van der Waals surface area contributed by atoms with Gasteiger partial charge in [-0.05, 0) is 17.7 Å². The lowest BCUT2D eigenvalue weighted by Crippen LogP contribution is -2.05. The Labute approximate surface area is 111 Å². The van der Waals surface area contributed by atoms with Gasteiger partial charge in [0.1, 0.15) is 0 Å². The van der Waals surface area contributed by atoms with Gasteiger partial charge in [-0.15, -0.1) is 0 Å². The molecule has 0 aliphatic carbocycles. The summed E-state index contributed by atoms with van der Waals surface area (Å²) in [4.78, 5) is 10.6. The third-order valence-corrected chi connectivity index (χ3v) is 3.68. The summed E-state index contributed by atoms with van der Waals surface area (Å²) in [5.41, 5.74) is 1.09. The fraction of sp³-hybridized carbons (Fsp3) is 0.462. The van der Waals surface area contributed by atoms with E-state index in [1.165, 1.54) is 0 Å². The number of carbonyl (C=O) groups is 1. The number of thioether (sulfide) groups is 1. The Morgan fingerprint density at radius 2 is 2.00 bits per heavy atom. The molecule has 0 spiro atoms. The fourth-order valence-corrected chi connectivity index (χ4v) is 2.43. The molecule has 5 heteroatoms. The monoisotopic (exact) mass is 270 g/mol. The molecule has 0 aromatic heterocycles. The first-order chi connectivity index (χ1) is 8.56. The van der Waals surface area contributed by atoms with Crippen molar-refractivity contribution < 1.29 is 19.4 Å². The summed E-state index contributed by atoms with van der Waals surface area (Å²) < 4.78 is 10.4. The molecule has 0 saturated heterocycles. The van der Waals surface area contributed by atoms with Gasteiger partial charge in [0.2, 0.25) is 0 Å². The van der Waals surface area contributed by atoms with Crippen LogP contribution in [0.4, 0.5) is 0 Å². The van der Waals surface area contributed by atoms with E-state index in [4.69, 9.17) is 14.6 Å². The SMILES string of the molecule is COc1ccc(CSC(C)CC(=O)O)cc1OC. The highest BCUT2D eigenvalue weighted by Gasteiger charge is 2.09. The Hall–Kier alpha value is -1.36. The Morgan fingerprint density at radius 3 is 2.56 bits per heavy atom. The van der Waals surface area contributed by atoms with Crippen LogP contribution in [0.3, 0.4) is 0 Å². The van der Waals surface area contributed by atoms with Gasteiger partial charge in [-0.25, -0.2) is 0 Å². The van der Waals surface area contributed by atoms with Gasteiger partial charge in [-0.3, -0.25) is 4.79 Å². The first-order valence-corrected chi connectivity index (χ1v) is 6.66. The molecule has 0 aliphatic heterocycles. The first-order valence-electron chi connectivity index (χ1n) is 5.61. The van der Waals surface area contributed by atoms with Crippen LogP contribution < -0.4 is 9.47 Å². The molecule has 1 N–H and O–H groups in total. The maximum absolute atomic E-state index is 10.6. The van der Waals surface area contributed by atoms with Gasteiger partial charge in [-0.1, -0.05) is 13.0 Å². The Bertz CT molecular complexity index is 406. The van der Waals surface area contributed by atoms with E-state index in [-0.39, 0.29) is 11.7 Å². The molecule has 4 nitrogen and oxygen atoms in total. The molecule has 1 aromatic rings. The molecule has 0 saturated carbocycles. The lowest BCUT2D eigenvalue weighted by Gasteiger charge is -2.11. The van der Waals surface area contributed by atoms with Crippen LogP contribution in [0.25, 0.3) is 0 Å². The molecule has 100 valence electrons. The van der Waals surface area contributed by atoms with Crippen molar-refractivity contribution in [1.82, 2.24) is 0 Å². The number of ether oxygens (including phenoxy) is 2. The predicted molar refractivity (Wildman–Crippen MR) is 72.6 cm³/mol. The summed E-state index contributed by atoms with van der Waals surface area (Å²) in [7, 11) is 3.20. The second-order valence-electron chi connectivity index (χ2n) is 3.91. The summed E-state index contributed by atoms with van der Waals surface area (Å²) >= 11 is 1.61. The Kier molecular flexibility index (Phi) is 5.85. The van der Waals surface area contributed by atoms with Crippen LogP contribution in [0.5, 0.6) is 11.5 Å². The molecule has 1 unspecified atom stereocenters. The smallest absolute Gasteiger partial charge is 0.304 e. The van der Waals surface area contributed by atoms with Crippen molar-refractivity contribution in [2.24, 2.45) is 0 Å². The highest BCUT2D eigenvalue weighted by Crippen LogP contribution is 2.30. The molecule has 0 radical (unpaired) electrons. The number of methoxy groups -OCH3 is 2. The van der Waals surface area contributed by atoms with E-state index in [0.29, 0.717) is 11.5 Å². The largest absolute Gasteiger partial charge is 0.493 e. The molecule has 0 amide bonds. The zero-order valence-corrected chi connectivity index (χ0v) is 11.6. The lowest BCUT2D eigenvalue weighted by molar-refractivity contribution is -0.136. The molecule has 0 heterocycles. The fourth-order valence-electron chi connectivity index (χ4n) is 1.51. The molecule has 1 aromatic carbocycles. The quantitative estimate of drug-likeness (QED) is 0.825. The minimum atomic E-state index is -0.762. The van der Waals surface area contributed by atoms with Crippen LogP contribution in [0.1, 0.15) is 18.9 Å². The minimum Gasteiger partial charge on any atom is -0.493 e. The zero-order chi connectivity index (χ0) is 13.5. The van der Waals surface area contributed by atoms with Gasteiger partial charge in [-0.2, -0.15) is 11.8 Å². The molecule has 0 fully saturated rings. The number of aliphatic carboxylic acids is 1. The number of hydrogen-bond acceptors (Lipinski definition) is 4. The van der Waals surface area contributed by atoms with Gasteiger partial charge < -0.3 is 14.6 Å². The zero-order valence-electron chi connectivity index (χ0n) is 10.8. The third-order valence-electron chi connectivity index (χ3n) is 2.44. The van der Waals surface area contributed by atoms with Crippen LogP contribution >= 0.6 is 11.8 Å². The molecular weight excluding hydrogens is 252 g/mol. The molecule has 18 heavy (non-hydrogen) atoms. The van der Waals surface area contributed by atoms with Crippen molar-refractivity contribution in [3.8, 4) is 11.5 Å². The van der Waals surface area contributed by atoms with Crippen molar-refractivity contribution in [2.75, 3.05) is 14.2 Å². The van der Waals surface area contributed by atoms with E-state index >= 15 is 0 Å². The molecule has 0 aliphatic rings. The van der Waals surface area contributed by atoms with Crippen LogP contribution in [0, 0.1) is 0 Å². The van der Waals surface area contributed by atoms with Crippen molar-refractivity contribution in [2.45, 2.75) is 24.3 Å². The molecular formula is C13H18O4S. The van der Waals surface area contributed by atoms with E-state index < -0.39 is 5.97 Å². The van der Waals surface area contributed by atoms with Crippen molar-refractivity contribution in [3.05, 3.63) is 23.8 Å². The van der Waals surface area contributed by atoms with E-state index in [0.717, 1.165) is 11.3 Å². The number of carboxylic acids is 1. The highest BCUT2D eigenvalue weighted by atomic mass is 32.2. The number of carboxylic acid groups (broad SMARTS) is 1. The van der Waals surface area contributed by atoms with Crippen LogP contribution in [-0.2, 0) is 10.5 Å². The second-order valence-corrected chi connectivity index (χ2v) is 5.34. The third kappa shape index (κ3) is 4.49. The van der Waals surface area contributed by atoms with Crippen molar-refractivity contribution in [1.29, 1.82) is 0 Å². The number of hydrogen-bond donors (Lipinski definition) is 1. The summed E-state index contributed by atoms with van der Waals surface area (Å²) in [6.07, 6.45) is 0.179. The van der Waals surface area contributed by atoms with Gasteiger partial charge >= 0.3 is 5.97 Å². The maximum Gasteiger partial charge on any atom is 0.304 e. The predicted octanol–water partition coefficient (Wildman–Crippen LogP) is 2.80. The molecule has 1 rings (SSSR count). The van der Waals surface area contributed by atoms with Crippen LogP contribution in [-0.4, -0.2) is 30.5 Å². The average molecular weight is 270 g/mol. The van der Waals surface area contributed by atoms with Gasteiger partial charge in [0.15, 0.2) is 11.5 Å².